The molecule has 102 valence electrons. The first kappa shape index (κ1) is 13.4. The number of halogens is 2. The highest BCUT2D eigenvalue weighted by atomic mass is 79.9. The molecule has 0 aromatic heterocycles. The Morgan fingerprint density at radius 1 is 1.26 bits per heavy atom. The van der Waals surface area contributed by atoms with Crippen LogP contribution in [0.15, 0.2) is 27.7 Å². The number of rotatable bonds is 1. The predicted octanol–water partition coefficient (Wildman–Crippen LogP) is 4.81. The minimum absolute atomic E-state index is 0.152. The van der Waals surface area contributed by atoms with Crippen LogP contribution >= 0.6 is 27.7 Å². The summed E-state index contributed by atoms with van der Waals surface area (Å²) in [5, 5.41) is 4.17. The predicted molar refractivity (Wildman–Crippen MR) is 83.4 cm³/mol. The van der Waals surface area contributed by atoms with Crippen molar-refractivity contribution in [3.8, 4) is 0 Å². The first-order chi connectivity index (χ1) is 9.17. The lowest BCUT2D eigenvalue weighted by molar-refractivity contribution is 0.335. The molecule has 0 atom stereocenters. The average Bonchev–Trinajstić information content (AvgIpc) is 2.78. The van der Waals surface area contributed by atoms with Gasteiger partial charge in [0.2, 0.25) is 0 Å². The second kappa shape index (κ2) is 5.44. The zero-order valence-electron chi connectivity index (χ0n) is 10.6. The summed E-state index contributed by atoms with van der Waals surface area (Å²) in [6.45, 7) is 0. The molecule has 1 aromatic carbocycles. The van der Waals surface area contributed by atoms with Crippen molar-refractivity contribution in [1.82, 2.24) is 0 Å². The van der Waals surface area contributed by atoms with Gasteiger partial charge in [0.15, 0.2) is 5.17 Å². The largest absolute Gasteiger partial charge is 0.335 e. The molecule has 2 aliphatic rings. The van der Waals surface area contributed by atoms with Gasteiger partial charge in [0, 0.05) is 11.4 Å². The fourth-order valence-corrected chi connectivity index (χ4v) is 4.16. The van der Waals surface area contributed by atoms with Crippen molar-refractivity contribution in [2.24, 2.45) is 4.99 Å². The van der Waals surface area contributed by atoms with Gasteiger partial charge in [-0.05, 0) is 47.0 Å². The van der Waals surface area contributed by atoms with Gasteiger partial charge in [-0.15, -0.1) is 0 Å². The van der Waals surface area contributed by atoms with Crippen molar-refractivity contribution in [1.29, 1.82) is 0 Å². The van der Waals surface area contributed by atoms with E-state index in [-0.39, 0.29) is 11.4 Å². The molecule has 0 radical (unpaired) electrons. The Morgan fingerprint density at radius 3 is 2.79 bits per heavy atom. The molecule has 1 aliphatic carbocycles. The van der Waals surface area contributed by atoms with E-state index in [1.54, 1.807) is 17.8 Å². The van der Waals surface area contributed by atoms with Crippen molar-refractivity contribution in [3.63, 3.8) is 0 Å². The van der Waals surface area contributed by atoms with E-state index in [1.165, 1.54) is 38.2 Å². The Bertz CT molecular complexity index is 512. The Hall–Kier alpha value is -0.550. The van der Waals surface area contributed by atoms with E-state index >= 15 is 0 Å². The van der Waals surface area contributed by atoms with Crippen molar-refractivity contribution in [2.75, 3.05) is 11.1 Å². The molecular weight excluding hydrogens is 327 g/mol. The highest BCUT2D eigenvalue weighted by molar-refractivity contribution is 9.10. The molecule has 0 saturated heterocycles. The van der Waals surface area contributed by atoms with Gasteiger partial charge in [0.05, 0.1) is 10.0 Å². The minimum Gasteiger partial charge on any atom is -0.335 e. The van der Waals surface area contributed by atoms with Gasteiger partial charge in [-0.1, -0.05) is 31.0 Å². The Morgan fingerprint density at radius 2 is 2.05 bits per heavy atom. The second-order valence-corrected chi connectivity index (χ2v) is 7.06. The molecule has 1 heterocycles. The van der Waals surface area contributed by atoms with E-state index in [1.807, 2.05) is 6.07 Å². The molecule has 1 aromatic rings. The van der Waals surface area contributed by atoms with Crippen LogP contribution in [0.1, 0.15) is 32.1 Å². The SMILES string of the molecule is Fc1cc(NC2=NC3(CCCCC3)CS2)ccc1Br. The summed E-state index contributed by atoms with van der Waals surface area (Å²) in [6.07, 6.45) is 6.29. The third-order valence-electron chi connectivity index (χ3n) is 3.77. The summed E-state index contributed by atoms with van der Waals surface area (Å²) >= 11 is 4.92. The summed E-state index contributed by atoms with van der Waals surface area (Å²) in [4.78, 5) is 4.86. The number of nitrogens with zero attached hydrogens (tertiary/aromatic N) is 1. The maximum Gasteiger partial charge on any atom is 0.161 e. The molecule has 19 heavy (non-hydrogen) atoms. The summed E-state index contributed by atoms with van der Waals surface area (Å²) in [5.41, 5.74) is 0.916. The Balaban J connectivity index is 1.73. The number of hydrogen-bond acceptors (Lipinski definition) is 3. The van der Waals surface area contributed by atoms with Crippen LogP contribution in [-0.2, 0) is 0 Å². The first-order valence-electron chi connectivity index (χ1n) is 6.62. The van der Waals surface area contributed by atoms with Crippen molar-refractivity contribution < 1.29 is 4.39 Å². The molecule has 0 amide bonds. The summed E-state index contributed by atoms with van der Waals surface area (Å²) < 4.78 is 14.0. The third kappa shape index (κ3) is 2.97. The quantitative estimate of drug-likeness (QED) is 0.792. The van der Waals surface area contributed by atoms with Crippen LogP contribution in [0, 0.1) is 5.82 Å². The number of nitrogens with one attached hydrogen (secondary N) is 1. The molecule has 0 bridgehead atoms. The van der Waals surface area contributed by atoms with Crippen LogP contribution in [0.3, 0.4) is 0 Å². The van der Waals surface area contributed by atoms with Gasteiger partial charge in [0.25, 0.3) is 0 Å². The van der Waals surface area contributed by atoms with Gasteiger partial charge < -0.3 is 5.32 Å². The van der Waals surface area contributed by atoms with Crippen LogP contribution < -0.4 is 5.32 Å². The van der Waals surface area contributed by atoms with Crippen molar-refractivity contribution >= 4 is 38.5 Å². The number of hydrogen-bond donors (Lipinski definition) is 1. The number of amidine groups is 1. The van der Waals surface area contributed by atoms with Crippen LogP contribution in [0.5, 0.6) is 0 Å². The minimum atomic E-state index is -0.249. The van der Waals surface area contributed by atoms with Crippen LogP contribution in [0.2, 0.25) is 0 Å². The molecule has 3 rings (SSSR count). The summed E-state index contributed by atoms with van der Waals surface area (Å²) in [5.74, 6) is 0.815. The Kier molecular flexibility index (Phi) is 3.85. The normalized spacial score (nSPS) is 21.5. The number of anilines is 1. The molecule has 1 N–H and O–H groups in total. The number of thioether (sulfide) groups is 1. The molecule has 2 nitrogen and oxygen atoms in total. The van der Waals surface area contributed by atoms with Gasteiger partial charge >= 0.3 is 0 Å². The monoisotopic (exact) mass is 342 g/mol. The molecular formula is C14H16BrFN2S. The lowest BCUT2D eigenvalue weighted by Gasteiger charge is -2.29. The maximum absolute atomic E-state index is 13.5. The fourth-order valence-electron chi connectivity index (χ4n) is 2.71. The second-order valence-electron chi connectivity index (χ2n) is 5.24. The number of aliphatic imine (C=N–C) groups is 1. The summed E-state index contributed by atoms with van der Waals surface area (Å²) in [6, 6.07) is 5.08. The molecule has 1 spiro atoms. The third-order valence-corrected chi connectivity index (χ3v) is 5.56. The van der Waals surface area contributed by atoms with E-state index in [0.29, 0.717) is 4.47 Å². The van der Waals surface area contributed by atoms with Crippen molar-refractivity contribution in [3.05, 3.63) is 28.5 Å². The van der Waals surface area contributed by atoms with Crippen LogP contribution in [0.25, 0.3) is 0 Å². The highest BCUT2D eigenvalue weighted by Crippen LogP contribution is 2.39. The fraction of sp³-hybridized carbons (Fsp3) is 0.500. The van der Waals surface area contributed by atoms with Gasteiger partial charge in [-0.2, -0.15) is 0 Å². The lowest BCUT2D eigenvalue weighted by Crippen LogP contribution is -2.29. The zero-order valence-corrected chi connectivity index (χ0v) is 13.0. The van der Waals surface area contributed by atoms with Crippen LogP contribution in [-0.4, -0.2) is 16.5 Å². The van der Waals surface area contributed by atoms with E-state index < -0.39 is 0 Å². The molecule has 0 unspecified atom stereocenters. The van der Waals surface area contributed by atoms with E-state index in [4.69, 9.17) is 4.99 Å². The molecule has 1 saturated carbocycles. The molecule has 1 fully saturated rings. The van der Waals surface area contributed by atoms with E-state index in [2.05, 4.69) is 21.2 Å². The van der Waals surface area contributed by atoms with Gasteiger partial charge in [-0.25, -0.2) is 4.39 Å². The van der Waals surface area contributed by atoms with E-state index in [0.717, 1.165) is 16.6 Å². The standard InChI is InChI=1S/C14H16BrFN2S/c15-11-5-4-10(8-12(11)16)17-13-18-14(9-19-13)6-2-1-3-7-14/h4-5,8H,1-3,6-7,9H2,(H,17,18). The van der Waals surface area contributed by atoms with Crippen LogP contribution in [0.4, 0.5) is 10.1 Å². The average molecular weight is 343 g/mol. The lowest BCUT2D eigenvalue weighted by atomic mass is 9.84. The topological polar surface area (TPSA) is 24.4 Å². The van der Waals surface area contributed by atoms with E-state index in [9.17, 15) is 4.39 Å². The molecule has 1 aliphatic heterocycles. The molecule has 5 heteroatoms. The van der Waals surface area contributed by atoms with Gasteiger partial charge in [-0.3, -0.25) is 4.99 Å². The maximum atomic E-state index is 13.5. The number of benzene rings is 1. The smallest absolute Gasteiger partial charge is 0.161 e. The van der Waals surface area contributed by atoms with Gasteiger partial charge in [0.1, 0.15) is 5.82 Å². The van der Waals surface area contributed by atoms with Crippen molar-refractivity contribution in [2.45, 2.75) is 37.6 Å². The summed E-state index contributed by atoms with van der Waals surface area (Å²) in [7, 11) is 0. The highest BCUT2D eigenvalue weighted by Gasteiger charge is 2.36. The Labute approximate surface area is 125 Å². The first-order valence-corrected chi connectivity index (χ1v) is 8.40. The zero-order chi connectivity index (χ0) is 13.3.